The normalized spacial score (nSPS) is 20.1. The van der Waals surface area contributed by atoms with Crippen molar-refractivity contribution in [2.75, 3.05) is 49.2 Å². The van der Waals surface area contributed by atoms with Gasteiger partial charge in [0.25, 0.3) is 0 Å². The number of benzene rings is 3. The Kier molecular flexibility index (Phi) is 9.54. The minimum absolute atomic E-state index is 0.0732. The summed E-state index contributed by atoms with van der Waals surface area (Å²) in [7, 11) is 0. The topological polar surface area (TPSA) is 91.8 Å². The Morgan fingerprint density at radius 1 is 0.878 bits per heavy atom. The lowest BCUT2D eigenvalue weighted by atomic mass is 10.0. The van der Waals surface area contributed by atoms with Crippen LogP contribution in [0.15, 0.2) is 102 Å². The average molecular weight is 664 g/mol. The first-order chi connectivity index (χ1) is 23.9. The Bertz CT molecular complexity index is 1840. The number of aromatic nitrogens is 5. The van der Waals surface area contributed by atoms with Crippen LogP contribution in [-0.2, 0) is 28.2 Å². The largest absolute Gasteiger partial charge is 0.491 e. The Labute approximate surface area is 287 Å². The van der Waals surface area contributed by atoms with Crippen molar-refractivity contribution in [1.29, 1.82) is 0 Å². The fraction of sp³-hybridized carbons (Fsp3) is 0.395. The summed E-state index contributed by atoms with van der Waals surface area (Å²) in [5.74, 6) is -0.117. The smallest absolute Gasteiger partial charge is 0.350 e. The van der Waals surface area contributed by atoms with Crippen LogP contribution in [0.25, 0.3) is 5.69 Å². The van der Waals surface area contributed by atoms with E-state index < -0.39 is 5.79 Å². The monoisotopic (exact) mass is 663 g/mol. The van der Waals surface area contributed by atoms with E-state index in [1.54, 1.807) is 21.8 Å². The number of aryl methyl sites for hydroxylation is 1. The molecule has 11 nitrogen and oxygen atoms in total. The van der Waals surface area contributed by atoms with E-state index in [-0.39, 0.29) is 17.8 Å². The number of ether oxygens (including phenoxy) is 3. The van der Waals surface area contributed by atoms with Crippen molar-refractivity contribution in [1.82, 2.24) is 24.1 Å². The van der Waals surface area contributed by atoms with E-state index >= 15 is 0 Å². The minimum Gasteiger partial charge on any atom is -0.491 e. The molecule has 7 rings (SSSR count). The van der Waals surface area contributed by atoms with Crippen LogP contribution in [0.2, 0.25) is 0 Å². The SMILES string of the molecule is CCc1ccc(C2(Cn3cccn3)OCC(COc3ccc(N4CCN(c5ccc(-n6cnn(C(C)CC)c6=O)cc5)CC4)cc3)O2)cc1. The van der Waals surface area contributed by atoms with Crippen LogP contribution < -0.4 is 20.2 Å². The van der Waals surface area contributed by atoms with Gasteiger partial charge >= 0.3 is 5.69 Å². The number of rotatable bonds is 12. The zero-order chi connectivity index (χ0) is 33.8. The fourth-order valence-electron chi connectivity index (χ4n) is 6.53. The molecular formula is C38H45N7O4. The van der Waals surface area contributed by atoms with Crippen molar-refractivity contribution in [2.45, 2.75) is 58.1 Å². The zero-order valence-electron chi connectivity index (χ0n) is 28.5. The van der Waals surface area contributed by atoms with Gasteiger partial charge in [-0.15, -0.1) is 0 Å². The van der Waals surface area contributed by atoms with Crippen molar-refractivity contribution < 1.29 is 14.2 Å². The molecule has 2 aromatic heterocycles. The maximum Gasteiger partial charge on any atom is 0.350 e. The standard InChI is InChI=1S/C38H45N7O4/c1-4-29(3)45-37(46)44(28-40-45)34-13-11-32(12-14-34)41-21-23-42(24-22-41)33-15-17-35(18-16-33)47-25-36-26-48-38(49-36,27-43-20-6-19-39-43)31-9-7-30(5-2)8-10-31/h6-20,28-29,36H,4-5,21-27H2,1-3H3. The zero-order valence-corrected chi connectivity index (χ0v) is 28.5. The average Bonchev–Trinajstić information content (AvgIpc) is 3.92. The molecule has 3 aromatic carbocycles. The third-order valence-corrected chi connectivity index (χ3v) is 9.70. The molecule has 0 N–H and O–H groups in total. The van der Waals surface area contributed by atoms with E-state index in [0.29, 0.717) is 19.8 Å². The van der Waals surface area contributed by atoms with Gasteiger partial charge in [0, 0.05) is 55.5 Å². The number of nitrogens with zero attached hydrogens (tertiary/aromatic N) is 7. The van der Waals surface area contributed by atoms with Gasteiger partial charge in [-0.2, -0.15) is 10.2 Å². The predicted molar refractivity (Wildman–Crippen MR) is 190 cm³/mol. The lowest BCUT2D eigenvalue weighted by Gasteiger charge is -2.37. The molecule has 2 saturated heterocycles. The summed E-state index contributed by atoms with van der Waals surface area (Å²) in [6, 6.07) is 26.9. The minimum atomic E-state index is -0.919. The molecular weight excluding hydrogens is 618 g/mol. The molecule has 0 aliphatic carbocycles. The van der Waals surface area contributed by atoms with Crippen molar-refractivity contribution in [3.8, 4) is 11.4 Å². The van der Waals surface area contributed by atoms with E-state index in [2.05, 4.69) is 82.4 Å². The molecule has 11 heteroatoms. The highest BCUT2D eigenvalue weighted by molar-refractivity contribution is 5.54. The summed E-state index contributed by atoms with van der Waals surface area (Å²) in [5.41, 5.74) is 5.30. The molecule has 2 aliphatic heterocycles. The lowest BCUT2D eigenvalue weighted by molar-refractivity contribution is -0.190. The summed E-state index contributed by atoms with van der Waals surface area (Å²) >= 11 is 0. The molecule has 256 valence electrons. The third kappa shape index (κ3) is 7.00. The molecule has 2 aliphatic rings. The number of anilines is 2. The van der Waals surface area contributed by atoms with Crippen LogP contribution in [0.1, 0.15) is 44.4 Å². The van der Waals surface area contributed by atoms with Gasteiger partial charge in [-0.05, 0) is 79.9 Å². The highest BCUT2D eigenvalue weighted by atomic mass is 16.8. The first-order valence-electron chi connectivity index (χ1n) is 17.3. The van der Waals surface area contributed by atoms with Crippen LogP contribution in [0.5, 0.6) is 5.75 Å². The second kappa shape index (κ2) is 14.3. The number of hydrogen-bond donors (Lipinski definition) is 0. The second-order valence-corrected chi connectivity index (χ2v) is 12.8. The molecule has 3 unspecified atom stereocenters. The Balaban J connectivity index is 0.918. The number of hydrogen-bond acceptors (Lipinski definition) is 8. The Morgan fingerprint density at radius 3 is 2.14 bits per heavy atom. The van der Waals surface area contributed by atoms with Gasteiger partial charge in [0.1, 0.15) is 24.8 Å². The molecule has 3 atom stereocenters. The van der Waals surface area contributed by atoms with Crippen molar-refractivity contribution in [3.05, 3.63) is 119 Å². The van der Waals surface area contributed by atoms with Gasteiger partial charge in [0.05, 0.1) is 24.9 Å². The molecule has 0 bridgehead atoms. The third-order valence-electron chi connectivity index (χ3n) is 9.70. The van der Waals surface area contributed by atoms with E-state index in [4.69, 9.17) is 14.2 Å². The second-order valence-electron chi connectivity index (χ2n) is 12.8. The van der Waals surface area contributed by atoms with Crippen molar-refractivity contribution >= 4 is 11.4 Å². The van der Waals surface area contributed by atoms with Gasteiger partial charge in [-0.3, -0.25) is 4.68 Å². The van der Waals surface area contributed by atoms with Crippen LogP contribution in [0, 0.1) is 0 Å². The van der Waals surface area contributed by atoms with Gasteiger partial charge < -0.3 is 24.0 Å². The van der Waals surface area contributed by atoms with E-state index in [1.165, 1.54) is 11.3 Å². The maximum atomic E-state index is 12.8. The first-order valence-corrected chi connectivity index (χ1v) is 17.3. The highest BCUT2D eigenvalue weighted by Gasteiger charge is 2.44. The Morgan fingerprint density at radius 2 is 1.53 bits per heavy atom. The summed E-state index contributed by atoms with van der Waals surface area (Å²) in [6.07, 6.45) is 6.92. The van der Waals surface area contributed by atoms with Crippen LogP contribution >= 0.6 is 0 Å². The summed E-state index contributed by atoms with van der Waals surface area (Å²) < 4.78 is 24.1. The maximum absolute atomic E-state index is 12.8. The highest BCUT2D eigenvalue weighted by Crippen LogP contribution is 2.36. The van der Waals surface area contributed by atoms with Crippen molar-refractivity contribution in [3.63, 3.8) is 0 Å². The van der Waals surface area contributed by atoms with E-state index in [0.717, 1.165) is 61.7 Å². The van der Waals surface area contributed by atoms with Gasteiger partial charge in [0.15, 0.2) is 0 Å². The van der Waals surface area contributed by atoms with Crippen LogP contribution in [-0.4, -0.2) is 69.6 Å². The molecule has 49 heavy (non-hydrogen) atoms. The molecule has 0 radical (unpaired) electrons. The van der Waals surface area contributed by atoms with Crippen LogP contribution in [0.3, 0.4) is 0 Å². The first kappa shape index (κ1) is 32.7. The molecule has 0 spiro atoms. The fourth-order valence-corrected chi connectivity index (χ4v) is 6.53. The summed E-state index contributed by atoms with van der Waals surface area (Å²) in [4.78, 5) is 17.6. The molecule has 0 saturated carbocycles. The molecule has 2 fully saturated rings. The predicted octanol–water partition coefficient (Wildman–Crippen LogP) is 5.44. The Hall–Kier alpha value is -4.87. The van der Waals surface area contributed by atoms with Crippen molar-refractivity contribution in [2.24, 2.45) is 0 Å². The summed E-state index contributed by atoms with van der Waals surface area (Å²) in [6.45, 7) is 11.1. The summed E-state index contributed by atoms with van der Waals surface area (Å²) in [5, 5.41) is 8.71. The molecule has 0 amide bonds. The quantitative estimate of drug-likeness (QED) is 0.174. The van der Waals surface area contributed by atoms with Gasteiger partial charge in [-0.1, -0.05) is 38.1 Å². The molecule has 4 heterocycles. The number of piperazine rings is 1. The molecule has 5 aromatic rings. The van der Waals surface area contributed by atoms with E-state index in [1.807, 2.05) is 48.1 Å². The van der Waals surface area contributed by atoms with Gasteiger partial charge in [-0.25, -0.2) is 14.0 Å². The van der Waals surface area contributed by atoms with Gasteiger partial charge in [0.2, 0.25) is 5.79 Å². The van der Waals surface area contributed by atoms with E-state index in [9.17, 15) is 4.79 Å². The lowest BCUT2D eigenvalue weighted by Crippen LogP contribution is -2.46. The van der Waals surface area contributed by atoms with Crippen LogP contribution in [0.4, 0.5) is 11.4 Å².